The van der Waals surface area contributed by atoms with Gasteiger partial charge in [0.05, 0.1) is 55.9 Å². The Kier molecular flexibility index (Phi) is 17.7. The number of unbranched alkanes of at least 4 members (excludes halogenated alkanes) is 2. The zero-order chi connectivity index (χ0) is 63.0. The lowest BCUT2D eigenvalue weighted by molar-refractivity contribution is -0.133. The third-order valence-electron chi connectivity index (χ3n) is 19.8. The number of carbonyl (C=O) groups is 7. The quantitative estimate of drug-likeness (QED) is 0.0491. The van der Waals surface area contributed by atoms with Crippen LogP contribution in [0.4, 0.5) is 16.2 Å². The maximum atomic E-state index is 14.4. The average molecular weight is 1220 g/mol. The molecule has 12 rings (SSSR count). The number of methoxy groups -OCH3 is 1. The molecule has 2 spiro atoms. The Morgan fingerprint density at radius 1 is 0.711 bits per heavy atom. The molecule has 0 bridgehead atoms. The molecule has 5 aromatic rings. The van der Waals surface area contributed by atoms with Crippen molar-refractivity contribution in [2.45, 2.75) is 162 Å². The van der Waals surface area contributed by atoms with Crippen molar-refractivity contribution in [3.63, 3.8) is 0 Å². The number of nitrogens with one attached hydrogen (secondary N) is 1. The highest BCUT2D eigenvalue weighted by molar-refractivity contribution is 6.06. The normalized spacial score (nSPS) is 20.1. The van der Waals surface area contributed by atoms with E-state index in [0.717, 1.165) is 73.7 Å². The van der Waals surface area contributed by atoms with Gasteiger partial charge in [-0.3, -0.25) is 28.8 Å². The molecule has 0 radical (unpaired) electrons. The summed E-state index contributed by atoms with van der Waals surface area (Å²) in [5, 5.41) is 15.0. The Bertz CT molecular complexity index is 3710. The zero-order valence-electron chi connectivity index (χ0n) is 52.3. The first-order valence-corrected chi connectivity index (χ1v) is 32.2. The first-order valence-electron chi connectivity index (χ1n) is 32.2. The van der Waals surface area contributed by atoms with Crippen LogP contribution in [0.5, 0.6) is 17.2 Å². The van der Waals surface area contributed by atoms with Crippen LogP contribution >= 0.6 is 0 Å². The van der Waals surface area contributed by atoms with Crippen molar-refractivity contribution < 1.29 is 57.6 Å². The minimum absolute atomic E-state index is 0.00284. The second-order valence-corrected chi connectivity index (χ2v) is 26.6. The van der Waals surface area contributed by atoms with Crippen LogP contribution < -0.4 is 29.3 Å². The van der Waals surface area contributed by atoms with Crippen LogP contribution in [0.2, 0.25) is 0 Å². The minimum atomic E-state index is -1.39. The van der Waals surface area contributed by atoms with Crippen LogP contribution in [-0.4, -0.2) is 114 Å². The first kappa shape index (κ1) is 61.7. The van der Waals surface area contributed by atoms with Crippen molar-refractivity contribution in [3.05, 3.63) is 147 Å². The number of benzene rings is 5. The molecule has 17 nitrogen and oxygen atoms in total. The summed E-state index contributed by atoms with van der Waals surface area (Å²) in [5.74, 6) is 5.88. The number of aryl methyl sites for hydroxylation is 2. The van der Waals surface area contributed by atoms with E-state index in [0.29, 0.717) is 95.8 Å². The van der Waals surface area contributed by atoms with Gasteiger partial charge in [0.1, 0.15) is 18.1 Å². The molecule has 2 saturated heterocycles. The Balaban J connectivity index is 0.623. The number of carbonyl (C=O) groups excluding carboxylic acids is 7. The van der Waals surface area contributed by atoms with Crippen molar-refractivity contribution in [1.82, 2.24) is 15.1 Å². The van der Waals surface area contributed by atoms with Gasteiger partial charge in [-0.1, -0.05) is 80.3 Å². The van der Waals surface area contributed by atoms with E-state index in [4.69, 9.17) is 18.9 Å². The van der Waals surface area contributed by atoms with Gasteiger partial charge >= 0.3 is 6.09 Å². The van der Waals surface area contributed by atoms with Crippen molar-refractivity contribution in [2.24, 2.45) is 22.7 Å². The first-order chi connectivity index (χ1) is 43.4. The van der Waals surface area contributed by atoms with E-state index < -0.39 is 36.2 Å². The Hall–Kier alpha value is -8.49. The Morgan fingerprint density at radius 3 is 2.11 bits per heavy atom. The summed E-state index contributed by atoms with van der Waals surface area (Å²) in [6.07, 6.45) is 7.64. The molecule has 17 heteroatoms. The van der Waals surface area contributed by atoms with Gasteiger partial charge in [-0.25, -0.2) is 9.69 Å². The molecule has 4 fully saturated rings. The second kappa shape index (κ2) is 25.8. The fourth-order valence-corrected chi connectivity index (χ4v) is 14.0. The monoisotopic (exact) mass is 1220 g/mol. The van der Waals surface area contributed by atoms with Crippen molar-refractivity contribution >= 4 is 52.7 Å². The van der Waals surface area contributed by atoms with E-state index in [2.05, 4.69) is 22.1 Å². The molecule has 5 aliphatic heterocycles. The van der Waals surface area contributed by atoms with E-state index in [1.807, 2.05) is 81.4 Å². The fourth-order valence-electron chi connectivity index (χ4n) is 14.0. The lowest BCUT2D eigenvalue weighted by atomic mass is 9.88. The number of nitrogens with zero attached hydrogens (tertiary/aromatic N) is 4. The van der Waals surface area contributed by atoms with Crippen LogP contribution in [-0.2, 0) is 49.9 Å². The standard InChI is InChI=1S/C73H81N5O12/c1-45(2)56(36-55(79)25-26-66(81)75-41-53-15-8-7-13-50(53)21-22-51-14-9-10-16-59(51)75)67(82)74-47(4)62(80)34-48-17-19-49(20-18-48)42-90-71(86)78-60-38-63(46(3)33-58(60)69(84)77-44-73(29-30-73)40-61(77)70(78)85)88-31-11-6-12-32-89-65-35-52-23-24-54-39-72(27-28-72)43-76(54)68(83)57(52)37-64(65)87-5/h7-10,13-20,33,35,37-38,45,47,54,56,61,70,85H,6,11-12,23-32,34,36,39-44H2,1-5H3,(H,74,82)/t47-,54+,56-,61-,70?/m0/s1. The molecule has 5 atom stereocenters. The number of aliphatic hydroxyl groups excluding tert-OH is 1. The number of anilines is 2. The third kappa shape index (κ3) is 13.1. The number of amides is 5. The predicted molar refractivity (Wildman–Crippen MR) is 338 cm³/mol. The summed E-state index contributed by atoms with van der Waals surface area (Å²) in [7, 11) is 1.60. The molecular weight excluding hydrogens is 1140 g/mol. The van der Waals surface area contributed by atoms with Gasteiger partial charge < -0.3 is 44.1 Å². The van der Waals surface area contributed by atoms with Gasteiger partial charge in [0.2, 0.25) is 11.8 Å². The number of Topliss-reactive ketones (excluding diaryl/α,β-unsaturated/α-hetero) is 2. The van der Waals surface area contributed by atoms with E-state index >= 15 is 0 Å². The number of hydrogen-bond donors (Lipinski definition) is 2. The molecule has 2 aliphatic carbocycles. The lowest BCUT2D eigenvalue weighted by Gasteiger charge is -2.31. The van der Waals surface area contributed by atoms with E-state index in [-0.39, 0.29) is 84.2 Å². The Morgan fingerprint density at radius 2 is 1.38 bits per heavy atom. The van der Waals surface area contributed by atoms with Gasteiger partial charge in [0.25, 0.3) is 11.8 Å². The van der Waals surface area contributed by atoms with Crippen molar-refractivity contribution in [3.8, 4) is 29.1 Å². The Labute approximate surface area is 526 Å². The number of hydrogen-bond acceptors (Lipinski definition) is 12. The number of fused-ring (bicyclic) bond motifs is 6. The number of aliphatic hydroxyl groups is 1. The number of rotatable bonds is 22. The lowest BCUT2D eigenvalue weighted by Crippen LogP contribution is -2.50. The smallest absolute Gasteiger partial charge is 0.416 e. The van der Waals surface area contributed by atoms with E-state index in [1.165, 1.54) is 17.7 Å². The molecule has 90 heavy (non-hydrogen) atoms. The van der Waals surface area contributed by atoms with Crippen LogP contribution in [0.25, 0.3) is 0 Å². The summed E-state index contributed by atoms with van der Waals surface area (Å²) >= 11 is 0. The van der Waals surface area contributed by atoms with Gasteiger partial charge in [-0.2, -0.15) is 0 Å². The summed E-state index contributed by atoms with van der Waals surface area (Å²) in [6, 6.07) is 28.2. The zero-order valence-corrected chi connectivity index (χ0v) is 52.3. The molecule has 2 saturated carbocycles. The van der Waals surface area contributed by atoms with Crippen LogP contribution in [0, 0.1) is 41.4 Å². The summed E-state index contributed by atoms with van der Waals surface area (Å²) in [6.45, 7) is 9.49. The highest BCUT2D eigenvalue weighted by atomic mass is 16.6. The number of ketones is 2. The molecule has 2 N–H and O–H groups in total. The van der Waals surface area contributed by atoms with E-state index in [1.54, 1.807) is 60.2 Å². The number of ether oxygens (including phenoxy) is 4. The molecule has 5 aromatic carbocycles. The SMILES string of the molecule is COc1cc2c(cc1OCCCCCOc1cc3c(cc1C)C(=O)N1CC4(CC4)C[C@H]1C(O)N3C(=O)OCc1ccc(CC(=O)[C@H](C)NC(=O)[C@@H](CC(=O)CCC(=O)N3Cc4ccccc4C#Cc4ccccc43)C(C)C)cc1)CC[C@@H]1CC3(CC3)CN1C2=O. The molecule has 5 amide bonds. The fraction of sp³-hybridized carbons (Fsp3) is 0.466. The highest BCUT2D eigenvalue weighted by Gasteiger charge is 2.58. The predicted octanol–water partition coefficient (Wildman–Crippen LogP) is 10.6. The third-order valence-corrected chi connectivity index (χ3v) is 19.8. The summed E-state index contributed by atoms with van der Waals surface area (Å²) in [5.41, 5.74) is 7.64. The molecule has 5 heterocycles. The van der Waals surface area contributed by atoms with Gasteiger partial charge in [0.15, 0.2) is 23.5 Å². The van der Waals surface area contributed by atoms with Crippen molar-refractivity contribution in [2.75, 3.05) is 43.2 Å². The number of para-hydroxylation sites is 1. The second-order valence-electron chi connectivity index (χ2n) is 26.6. The maximum absolute atomic E-state index is 14.4. The topological polar surface area (TPSA) is 202 Å². The van der Waals surface area contributed by atoms with Crippen LogP contribution in [0.15, 0.2) is 97.1 Å². The maximum Gasteiger partial charge on any atom is 0.416 e. The molecule has 0 aromatic heterocycles. The summed E-state index contributed by atoms with van der Waals surface area (Å²) in [4.78, 5) is 104. The van der Waals surface area contributed by atoms with Crippen LogP contribution in [0.3, 0.4) is 0 Å². The molecule has 470 valence electrons. The van der Waals surface area contributed by atoms with Crippen LogP contribution in [0.1, 0.15) is 164 Å². The average Bonchev–Trinajstić information content (AvgIpc) is 1.58. The van der Waals surface area contributed by atoms with Gasteiger partial charge in [-0.15, -0.1) is 0 Å². The molecule has 7 aliphatic rings. The van der Waals surface area contributed by atoms with Crippen molar-refractivity contribution in [1.29, 1.82) is 0 Å². The summed E-state index contributed by atoms with van der Waals surface area (Å²) < 4.78 is 24.3. The molecule has 1 unspecified atom stereocenters. The molecular formula is C73H81N5O12. The minimum Gasteiger partial charge on any atom is -0.493 e. The van der Waals surface area contributed by atoms with Gasteiger partial charge in [0, 0.05) is 73.5 Å². The highest BCUT2D eigenvalue weighted by Crippen LogP contribution is 2.58. The largest absolute Gasteiger partial charge is 0.493 e. The van der Waals surface area contributed by atoms with Gasteiger partial charge in [-0.05, 0) is 165 Å². The van der Waals surface area contributed by atoms with E-state index in [9.17, 15) is 38.7 Å².